The van der Waals surface area contributed by atoms with E-state index in [9.17, 15) is 0 Å². The van der Waals surface area contributed by atoms with Gasteiger partial charge in [0.25, 0.3) is 0 Å². The van der Waals surface area contributed by atoms with Crippen LogP contribution in [0.2, 0.25) is 5.02 Å². The molecule has 0 atom stereocenters. The zero-order valence-electron chi connectivity index (χ0n) is 12.2. The fourth-order valence-electron chi connectivity index (χ4n) is 2.18. The molecular formula is C17H12ClN3O2. The molecule has 0 radical (unpaired) electrons. The Bertz CT molecular complexity index is 935. The molecule has 0 saturated carbocycles. The van der Waals surface area contributed by atoms with Crippen LogP contribution in [0.3, 0.4) is 0 Å². The number of benzene rings is 2. The van der Waals surface area contributed by atoms with E-state index in [1.807, 2.05) is 0 Å². The summed E-state index contributed by atoms with van der Waals surface area (Å²) >= 11 is 6.01. The Labute approximate surface area is 138 Å². The minimum atomic E-state index is 0.396. The molecule has 5 nitrogen and oxygen atoms in total. The van der Waals surface area contributed by atoms with E-state index in [2.05, 4.69) is 9.83 Å². The van der Waals surface area contributed by atoms with Crippen LogP contribution in [0.25, 0.3) is 15.7 Å². The van der Waals surface area contributed by atoms with Crippen LogP contribution < -0.4 is 15.2 Å². The predicted molar refractivity (Wildman–Crippen MR) is 90.5 cm³/mol. The molecule has 2 N–H and O–H groups in total. The standard InChI is InChI=1S/C17H12ClN3O2/c1-20-15-8-11-14(9-17(15)22-2)21-6-5-16(11)23-10-3-4-13(19)12(18)7-10/h3-9H,19H2,2H3. The smallest absolute Gasteiger partial charge is 0.228 e. The highest BCUT2D eigenvalue weighted by atomic mass is 35.5. The first-order chi connectivity index (χ1) is 11.1. The van der Waals surface area contributed by atoms with Crippen molar-refractivity contribution in [2.75, 3.05) is 12.8 Å². The Balaban J connectivity index is 2.10. The number of nitrogen functional groups attached to an aromatic ring is 1. The van der Waals surface area contributed by atoms with Gasteiger partial charge in [0.1, 0.15) is 17.2 Å². The molecule has 0 bridgehead atoms. The molecule has 0 saturated heterocycles. The van der Waals surface area contributed by atoms with Gasteiger partial charge >= 0.3 is 0 Å². The number of rotatable bonds is 3. The van der Waals surface area contributed by atoms with E-state index in [1.54, 1.807) is 42.6 Å². The summed E-state index contributed by atoms with van der Waals surface area (Å²) in [6, 6.07) is 10.2. The second kappa shape index (κ2) is 6.03. The van der Waals surface area contributed by atoms with Gasteiger partial charge in [0, 0.05) is 17.6 Å². The van der Waals surface area contributed by atoms with Crippen molar-refractivity contribution in [1.29, 1.82) is 0 Å². The van der Waals surface area contributed by atoms with Gasteiger partial charge in [-0.1, -0.05) is 11.6 Å². The molecule has 0 spiro atoms. The van der Waals surface area contributed by atoms with Crippen molar-refractivity contribution in [3.8, 4) is 17.2 Å². The Morgan fingerprint density at radius 1 is 1.17 bits per heavy atom. The van der Waals surface area contributed by atoms with Gasteiger partial charge in [-0.2, -0.15) is 0 Å². The lowest BCUT2D eigenvalue weighted by Crippen LogP contribution is -1.91. The van der Waals surface area contributed by atoms with Crippen LogP contribution in [0.4, 0.5) is 11.4 Å². The van der Waals surface area contributed by atoms with Crippen LogP contribution in [0.5, 0.6) is 17.2 Å². The molecule has 1 heterocycles. The molecule has 0 aliphatic heterocycles. The van der Waals surface area contributed by atoms with Crippen molar-refractivity contribution in [1.82, 2.24) is 4.98 Å². The molecule has 3 aromatic rings. The molecule has 0 aliphatic rings. The van der Waals surface area contributed by atoms with Crippen LogP contribution in [0.1, 0.15) is 0 Å². The van der Waals surface area contributed by atoms with Crippen LogP contribution in [0, 0.1) is 6.57 Å². The van der Waals surface area contributed by atoms with Gasteiger partial charge in [-0.25, -0.2) is 4.85 Å². The molecule has 6 heteroatoms. The average Bonchev–Trinajstić information content (AvgIpc) is 2.57. The minimum absolute atomic E-state index is 0.396. The van der Waals surface area contributed by atoms with Crippen LogP contribution in [-0.4, -0.2) is 12.1 Å². The van der Waals surface area contributed by atoms with Crippen LogP contribution in [0.15, 0.2) is 42.6 Å². The number of hydrogen-bond acceptors (Lipinski definition) is 4. The number of nitrogens with zero attached hydrogens (tertiary/aromatic N) is 2. The van der Waals surface area contributed by atoms with Crippen molar-refractivity contribution in [3.63, 3.8) is 0 Å². The van der Waals surface area contributed by atoms with E-state index in [4.69, 9.17) is 33.4 Å². The minimum Gasteiger partial charge on any atom is -0.508 e. The molecule has 0 fully saturated rings. The molecule has 23 heavy (non-hydrogen) atoms. The highest BCUT2D eigenvalue weighted by molar-refractivity contribution is 6.33. The van der Waals surface area contributed by atoms with Gasteiger partial charge in [0.2, 0.25) is 5.69 Å². The lowest BCUT2D eigenvalue weighted by molar-refractivity contribution is 0.418. The van der Waals surface area contributed by atoms with Gasteiger partial charge < -0.3 is 15.2 Å². The van der Waals surface area contributed by atoms with Crippen LogP contribution >= 0.6 is 11.6 Å². The quantitative estimate of drug-likeness (QED) is 0.554. The molecule has 2 aromatic carbocycles. The zero-order valence-corrected chi connectivity index (χ0v) is 13.0. The van der Waals surface area contributed by atoms with Gasteiger partial charge in [0.05, 0.1) is 29.9 Å². The van der Waals surface area contributed by atoms with E-state index in [-0.39, 0.29) is 0 Å². The Kier molecular flexibility index (Phi) is 3.92. The Morgan fingerprint density at radius 2 is 2.00 bits per heavy atom. The first kappa shape index (κ1) is 14.9. The van der Waals surface area contributed by atoms with E-state index in [0.717, 1.165) is 0 Å². The van der Waals surface area contributed by atoms with Crippen molar-refractivity contribution in [3.05, 3.63) is 59.0 Å². The Hall–Kier alpha value is -2.97. The summed E-state index contributed by atoms with van der Waals surface area (Å²) in [6.45, 7) is 7.26. The van der Waals surface area contributed by atoms with E-state index < -0.39 is 0 Å². The molecule has 0 amide bonds. The molecular weight excluding hydrogens is 314 g/mol. The van der Waals surface area contributed by atoms with Gasteiger partial charge in [-0.05, 0) is 30.3 Å². The number of nitrogens with two attached hydrogens (primary N) is 1. The Morgan fingerprint density at radius 3 is 2.70 bits per heavy atom. The molecule has 0 unspecified atom stereocenters. The maximum Gasteiger partial charge on any atom is 0.228 e. The van der Waals surface area contributed by atoms with Crippen molar-refractivity contribution >= 4 is 33.9 Å². The molecule has 3 rings (SSSR count). The normalized spacial score (nSPS) is 10.3. The van der Waals surface area contributed by atoms with Gasteiger partial charge in [0.15, 0.2) is 0 Å². The number of hydrogen-bond donors (Lipinski definition) is 1. The van der Waals surface area contributed by atoms with Crippen molar-refractivity contribution in [2.24, 2.45) is 0 Å². The first-order valence-corrected chi connectivity index (χ1v) is 7.07. The monoisotopic (exact) mass is 325 g/mol. The summed E-state index contributed by atoms with van der Waals surface area (Å²) in [5.41, 5.74) is 7.25. The number of halogens is 1. The lowest BCUT2D eigenvalue weighted by Gasteiger charge is -2.11. The van der Waals surface area contributed by atoms with E-state index in [1.165, 1.54) is 7.11 Å². The third-order valence-electron chi connectivity index (χ3n) is 3.32. The SMILES string of the molecule is [C-]#[N+]c1cc2c(Oc3ccc(N)c(Cl)c3)ccnc2cc1OC. The second-order valence-electron chi connectivity index (χ2n) is 4.75. The van der Waals surface area contributed by atoms with E-state index in [0.29, 0.717) is 44.5 Å². The highest BCUT2D eigenvalue weighted by Gasteiger charge is 2.11. The topological polar surface area (TPSA) is 61.7 Å². The summed E-state index contributed by atoms with van der Waals surface area (Å²) in [4.78, 5) is 7.76. The fourth-order valence-corrected chi connectivity index (χ4v) is 2.35. The number of fused-ring (bicyclic) bond motifs is 1. The van der Waals surface area contributed by atoms with Crippen molar-refractivity contribution in [2.45, 2.75) is 0 Å². The number of ether oxygens (including phenoxy) is 2. The number of methoxy groups -OCH3 is 1. The van der Waals surface area contributed by atoms with Crippen molar-refractivity contribution < 1.29 is 9.47 Å². The van der Waals surface area contributed by atoms with Gasteiger partial charge in [-0.15, -0.1) is 0 Å². The maximum absolute atomic E-state index is 7.26. The second-order valence-corrected chi connectivity index (χ2v) is 5.15. The lowest BCUT2D eigenvalue weighted by atomic mass is 10.1. The molecule has 0 aliphatic carbocycles. The fraction of sp³-hybridized carbons (Fsp3) is 0.0588. The predicted octanol–water partition coefficient (Wildman–Crippen LogP) is 4.82. The number of anilines is 1. The summed E-state index contributed by atoms with van der Waals surface area (Å²) in [7, 11) is 1.52. The number of aromatic nitrogens is 1. The third kappa shape index (κ3) is 2.85. The summed E-state index contributed by atoms with van der Waals surface area (Å²) < 4.78 is 11.1. The van der Waals surface area contributed by atoms with Gasteiger partial charge in [-0.3, -0.25) is 4.98 Å². The third-order valence-corrected chi connectivity index (χ3v) is 3.65. The average molecular weight is 326 g/mol. The summed E-state index contributed by atoms with van der Waals surface area (Å²) in [6.07, 6.45) is 1.63. The summed E-state index contributed by atoms with van der Waals surface area (Å²) in [5, 5.41) is 1.14. The first-order valence-electron chi connectivity index (χ1n) is 6.69. The summed E-state index contributed by atoms with van der Waals surface area (Å²) in [5.74, 6) is 1.60. The number of pyridine rings is 1. The molecule has 1 aromatic heterocycles. The zero-order chi connectivity index (χ0) is 16.4. The highest BCUT2D eigenvalue weighted by Crippen LogP contribution is 2.37. The maximum atomic E-state index is 7.26. The largest absolute Gasteiger partial charge is 0.508 e. The van der Waals surface area contributed by atoms with Crippen LogP contribution in [-0.2, 0) is 0 Å². The molecule has 114 valence electrons. The van der Waals surface area contributed by atoms with E-state index >= 15 is 0 Å².